The lowest BCUT2D eigenvalue weighted by atomic mass is 9.97. The van der Waals surface area contributed by atoms with E-state index in [-0.39, 0.29) is 11.3 Å². The molecule has 0 fully saturated rings. The fraction of sp³-hybridized carbons (Fsp3) is 0.421. The van der Waals surface area contributed by atoms with Crippen molar-refractivity contribution in [2.45, 2.75) is 20.8 Å². The minimum Gasteiger partial charge on any atom is -0.382 e. The molecule has 0 atom stereocenters. The third-order valence-corrected chi connectivity index (χ3v) is 4.13. The van der Waals surface area contributed by atoms with E-state index >= 15 is 0 Å². The van der Waals surface area contributed by atoms with Gasteiger partial charge in [-0.1, -0.05) is 32.0 Å². The predicted molar refractivity (Wildman–Crippen MR) is 102 cm³/mol. The Bertz CT molecular complexity index is 806. The highest BCUT2D eigenvalue weighted by Gasteiger charge is 2.24. The van der Waals surface area contributed by atoms with Crippen LogP contribution in [0.15, 0.2) is 35.1 Å². The highest BCUT2D eigenvalue weighted by Crippen LogP contribution is 2.27. The number of nitrogens with zero attached hydrogens (tertiary/aromatic N) is 3. The molecule has 1 amide bonds. The van der Waals surface area contributed by atoms with E-state index in [9.17, 15) is 4.79 Å². The largest absolute Gasteiger partial charge is 0.382 e. The van der Waals surface area contributed by atoms with Crippen molar-refractivity contribution in [1.29, 1.82) is 0 Å². The summed E-state index contributed by atoms with van der Waals surface area (Å²) in [5.41, 5.74) is 3.37. The summed E-state index contributed by atoms with van der Waals surface area (Å²) >= 11 is 0. The van der Waals surface area contributed by atoms with E-state index in [1.54, 1.807) is 11.0 Å². The molecule has 3 heterocycles. The Kier molecular flexibility index (Phi) is 4.97. The van der Waals surface area contributed by atoms with Crippen LogP contribution in [0.1, 0.15) is 37.0 Å². The second-order valence-electron chi connectivity index (χ2n) is 7.56. The van der Waals surface area contributed by atoms with E-state index < -0.39 is 0 Å². The lowest BCUT2D eigenvalue weighted by molar-refractivity contribution is 0.0791. The molecule has 0 saturated carbocycles. The number of carbonyl (C=O) groups excluding carboxylic acids is 1. The SMILES string of the molecule is CNc1nc(C2=CCN(C(=O)c3ccon3)C2)ccc1NCC(C)(C)C. The standard InChI is InChI=1S/C19H25N5O2/c1-19(2,3)12-21-15-6-5-14(22-17(15)20-4)13-7-9-24(11-13)18(25)16-8-10-26-23-16/h5-8,10,21H,9,11-12H2,1-4H3,(H,20,22). The zero-order chi connectivity index (χ0) is 18.7. The van der Waals surface area contributed by atoms with Gasteiger partial charge in [0.1, 0.15) is 12.1 Å². The fourth-order valence-corrected chi connectivity index (χ4v) is 2.71. The first-order chi connectivity index (χ1) is 12.4. The normalized spacial score (nSPS) is 14.3. The predicted octanol–water partition coefficient (Wildman–Crippen LogP) is 3.11. The second-order valence-corrected chi connectivity index (χ2v) is 7.56. The Balaban J connectivity index is 1.71. The quantitative estimate of drug-likeness (QED) is 0.857. The number of carbonyl (C=O) groups is 1. The zero-order valence-corrected chi connectivity index (χ0v) is 15.7. The Hall–Kier alpha value is -2.83. The minimum absolute atomic E-state index is 0.137. The van der Waals surface area contributed by atoms with Crippen LogP contribution < -0.4 is 10.6 Å². The van der Waals surface area contributed by atoms with Crippen LogP contribution in [0.25, 0.3) is 5.57 Å². The summed E-state index contributed by atoms with van der Waals surface area (Å²) in [4.78, 5) is 18.8. The Labute approximate surface area is 153 Å². The highest BCUT2D eigenvalue weighted by atomic mass is 16.5. The van der Waals surface area contributed by atoms with Crippen molar-refractivity contribution in [2.75, 3.05) is 37.3 Å². The van der Waals surface area contributed by atoms with Crippen molar-refractivity contribution < 1.29 is 9.32 Å². The van der Waals surface area contributed by atoms with Crippen LogP contribution in [0.5, 0.6) is 0 Å². The van der Waals surface area contributed by atoms with E-state index in [2.05, 4.69) is 36.6 Å². The van der Waals surface area contributed by atoms with Gasteiger partial charge in [-0.15, -0.1) is 0 Å². The molecule has 2 N–H and O–H groups in total. The van der Waals surface area contributed by atoms with Gasteiger partial charge in [0, 0.05) is 32.7 Å². The van der Waals surface area contributed by atoms with E-state index in [4.69, 9.17) is 9.51 Å². The molecular weight excluding hydrogens is 330 g/mol. The summed E-state index contributed by atoms with van der Waals surface area (Å²) in [6, 6.07) is 5.60. The molecule has 7 heteroatoms. The van der Waals surface area contributed by atoms with Gasteiger partial charge in [-0.2, -0.15) is 0 Å². The molecule has 7 nitrogen and oxygen atoms in total. The van der Waals surface area contributed by atoms with Gasteiger partial charge < -0.3 is 20.1 Å². The summed E-state index contributed by atoms with van der Waals surface area (Å²) < 4.78 is 4.75. The summed E-state index contributed by atoms with van der Waals surface area (Å²) in [6.07, 6.45) is 3.43. The van der Waals surface area contributed by atoms with Gasteiger partial charge in [0.15, 0.2) is 5.69 Å². The Morgan fingerprint density at radius 2 is 2.12 bits per heavy atom. The molecule has 0 unspecified atom stereocenters. The average Bonchev–Trinajstić information content (AvgIpc) is 3.30. The topological polar surface area (TPSA) is 83.3 Å². The van der Waals surface area contributed by atoms with Gasteiger partial charge in [-0.05, 0) is 23.1 Å². The third kappa shape index (κ3) is 4.04. The fourth-order valence-electron chi connectivity index (χ4n) is 2.71. The molecule has 0 spiro atoms. The zero-order valence-electron chi connectivity index (χ0n) is 15.7. The van der Waals surface area contributed by atoms with Gasteiger partial charge in [-0.25, -0.2) is 4.98 Å². The van der Waals surface area contributed by atoms with E-state index in [1.165, 1.54) is 6.26 Å². The van der Waals surface area contributed by atoms with Gasteiger partial charge in [0.05, 0.1) is 11.4 Å². The van der Waals surface area contributed by atoms with Crippen molar-refractivity contribution in [3.63, 3.8) is 0 Å². The number of hydrogen-bond donors (Lipinski definition) is 2. The first-order valence-electron chi connectivity index (χ1n) is 8.69. The number of anilines is 2. The number of hydrogen-bond acceptors (Lipinski definition) is 6. The first kappa shape index (κ1) is 18.0. The van der Waals surface area contributed by atoms with Crippen molar-refractivity contribution in [3.8, 4) is 0 Å². The van der Waals surface area contributed by atoms with Crippen molar-refractivity contribution in [3.05, 3.63) is 41.9 Å². The van der Waals surface area contributed by atoms with E-state index in [0.29, 0.717) is 18.8 Å². The summed E-state index contributed by atoms with van der Waals surface area (Å²) in [5.74, 6) is 0.663. The third-order valence-electron chi connectivity index (χ3n) is 4.13. The van der Waals surface area contributed by atoms with Gasteiger partial charge in [-0.3, -0.25) is 4.79 Å². The molecule has 0 bridgehead atoms. The molecule has 0 aromatic carbocycles. The number of pyridine rings is 1. The molecule has 3 rings (SSSR count). The van der Waals surface area contributed by atoms with Crippen LogP contribution in [0.2, 0.25) is 0 Å². The first-order valence-corrected chi connectivity index (χ1v) is 8.69. The number of rotatable bonds is 5. The molecule has 1 aliphatic rings. The van der Waals surface area contributed by atoms with Crippen LogP contribution in [0.4, 0.5) is 11.5 Å². The smallest absolute Gasteiger partial charge is 0.276 e. The van der Waals surface area contributed by atoms with Gasteiger partial charge >= 0.3 is 0 Å². The van der Waals surface area contributed by atoms with Gasteiger partial charge in [0.25, 0.3) is 5.91 Å². The Morgan fingerprint density at radius 3 is 2.77 bits per heavy atom. The molecule has 0 saturated heterocycles. The highest BCUT2D eigenvalue weighted by molar-refractivity contribution is 5.94. The Morgan fingerprint density at radius 1 is 1.31 bits per heavy atom. The van der Waals surface area contributed by atoms with E-state index in [1.807, 2.05) is 25.3 Å². The number of aromatic nitrogens is 2. The van der Waals surface area contributed by atoms with Crippen molar-refractivity contribution in [1.82, 2.24) is 15.0 Å². The molecule has 0 radical (unpaired) electrons. The summed E-state index contributed by atoms with van der Waals surface area (Å²) in [7, 11) is 1.86. The van der Waals surface area contributed by atoms with Gasteiger partial charge in [0.2, 0.25) is 0 Å². The molecular formula is C19H25N5O2. The molecule has 2 aromatic heterocycles. The lowest BCUT2D eigenvalue weighted by Crippen LogP contribution is -2.29. The molecule has 1 aliphatic heterocycles. The monoisotopic (exact) mass is 355 g/mol. The molecule has 26 heavy (non-hydrogen) atoms. The number of nitrogens with one attached hydrogen (secondary N) is 2. The second kappa shape index (κ2) is 7.19. The van der Waals surface area contributed by atoms with Crippen LogP contribution in [-0.2, 0) is 0 Å². The summed E-state index contributed by atoms with van der Waals surface area (Å²) in [6.45, 7) is 8.46. The van der Waals surface area contributed by atoms with Crippen LogP contribution in [-0.4, -0.2) is 47.6 Å². The lowest BCUT2D eigenvalue weighted by Gasteiger charge is -2.21. The maximum atomic E-state index is 12.4. The van der Waals surface area contributed by atoms with Crippen LogP contribution in [0.3, 0.4) is 0 Å². The maximum absolute atomic E-state index is 12.4. The maximum Gasteiger partial charge on any atom is 0.276 e. The van der Waals surface area contributed by atoms with E-state index in [0.717, 1.165) is 29.3 Å². The minimum atomic E-state index is -0.137. The molecule has 2 aromatic rings. The molecule has 138 valence electrons. The molecule has 0 aliphatic carbocycles. The van der Waals surface area contributed by atoms with Crippen molar-refractivity contribution >= 4 is 23.0 Å². The summed E-state index contributed by atoms with van der Waals surface area (Å²) in [5, 5.41) is 10.3. The number of amides is 1. The van der Waals surface area contributed by atoms with Crippen LogP contribution >= 0.6 is 0 Å². The van der Waals surface area contributed by atoms with Crippen molar-refractivity contribution in [2.24, 2.45) is 5.41 Å². The average molecular weight is 355 g/mol. The van der Waals surface area contributed by atoms with Crippen LogP contribution in [0, 0.1) is 5.41 Å².